The van der Waals surface area contributed by atoms with Gasteiger partial charge < -0.3 is 4.90 Å². The summed E-state index contributed by atoms with van der Waals surface area (Å²) in [5, 5.41) is 0.213. The number of amides is 1. The molecule has 1 unspecified atom stereocenters. The first kappa shape index (κ1) is 15.0. The van der Waals surface area contributed by atoms with Gasteiger partial charge in [-0.15, -0.1) is 0 Å². The first-order valence-corrected chi connectivity index (χ1v) is 7.31. The summed E-state index contributed by atoms with van der Waals surface area (Å²) in [5.74, 6) is -0.153. The van der Waals surface area contributed by atoms with Gasteiger partial charge >= 0.3 is 0 Å². The third-order valence-electron chi connectivity index (χ3n) is 3.22. The molecule has 0 saturated heterocycles. The average molecular weight is 354 g/mol. The summed E-state index contributed by atoms with van der Waals surface area (Å²) in [5.41, 5.74) is 1.47. The van der Waals surface area contributed by atoms with Crippen LogP contribution in [0.5, 0.6) is 0 Å². The SMILES string of the molecule is CC(c1ccccc1)N(C)C(=O)c1cc(Br)cnc1Cl. The molecule has 0 aliphatic heterocycles. The standard InChI is InChI=1S/C15H14BrClN2O/c1-10(11-6-4-3-5-7-11)19(2)15(20)13-8-12(16)9-18-14(13)17/h3-10H,1-2H3. The fourth-order valence-electron chi connectivity index (χ4n) is 1.89. The van der Waals surface area contributed by atoms with Gasteiger partial charge in [-0.2, -0.15) is 0 Å². The van der Waals surface area contributed by atoms with E-state index in [9.17, 15) is 4.79 Å². The van der Waals surface area contributed by atoms with Crippen molar-refractivity contribution in [3.63, 3.8) is 0 Å². The van der Waals surface area contributed by atoms with Crippen LogP contribution in [0, 0.1) is 0 Å². The fraction of sp³-hybridized carbons (Fsp3) is 0.200. The van der Waals surface area contributed by atoms with Crippen molar-refractivity contribution in [2.45, 2.75) is 13.0 Å². The van der Waals surface area contributed by atoms with Crippen molar-refractivity contribution >= 4 is 33.4 Å². The lowest BCUT2D eigenvalue weighted by atomic mass is 10.1. The molecule has 1 atom stereocenters. The van der Waals surface area contributed by atoms with Crippen LogP contribution in [-0.2, 0) is 0 Å². The molecule has 2 rings (SSSR count). The maximum absolute atomic E-state index is 12.5. The van der Waals surface area contributed by atoms with Crippen molar-refractivity contribution in [2.75, 3.05) is 7.05 Å². The van der Waals surface area contributed by atoms with E-state index in [2.05, 4.69) is 20.9 Å². The Hall–Kier alpha value is -1.39. The Morgan fingerprint density at radius 1 is 1.35 bits per heavy atom. The average Bonchev–Trinajstić information content (AvgIpc) is 2.48. The van der Waals surface area contributed by atoms with Gasteiger partial charge in [0.1, 0.15) is 5.15 Å². The van der Waals surface area contributed by atoms with Crippen molar-refractivity contribution in [3.05, 3.63) is 63.3 Å². The van der Waals surface area contributed by atoms with Crippen LogP contribution < -0.4 is 0 Å². The largest absolute Gasteiger partial charge is 0.335 e. The van der Waals surface area contributed by atoms with E-state index in [0.29, 0.717) is 5.56 Å². The van der Waals surface area contributed by atoms with Crippen molar-refractivity contribution in [1.82, 2.24) is 9.88 Å². The number of aromatic nitrogens is 1. The van der Waals surface area contributed by atoms with Gasteiger partial charge in [-0.05, 0) is 34.5 Å². The second-order valence-corrected chi connectivity index (χ2v) is 5.77. The van der Waals surface area contributed by atoms with Crippen LogP contribution in [0.4, 0.5) is 0 Å². The molecule has 5 heteroatoms. The van der Waals surface area contributed by atoms with Gasteiger partial charge in [0.25, 0.3) is 5.91 Å². The maximum Gasteiger partial charge on any atom is 0.257 e. The van der Waals surface area contributed by atoms with Crippen LogP contribution in [0.25, 0.3) is 0 Å². The highest BCUT2D eigenvalue weighted by atomic mass is 79.9. The highest BCUT2D eigenvalue weighted by Crippen LogP contribution is 2.24. The summed E-state index contributed by atoms with van der Waals surface area (Å²) >= 11 is 9.31. The van der Waals surface area contributed by atoms with Crippen LogP contribution in [0.2, 0.25) is 5.15 Å². The van der Waals surface area contributed by atoms with Gasteiger partial charge in [-0.3, -0.25) is 4.79 Å². The predicted octanol–water partition coefficient (Wildman–Crippen LogP) is 4.33. The second-order valence-electron chi connectivity index (χ2n) is 4.49. The molecule has 2 aromatic rings. The van der Waals surface area contributed by atoms with Gasteiger partial charge in [-0.25, -0.2) is 4.98 Å². The minimum Gasteiger partial charge on any atom is -0.335 e. The predicted molar refractivity (Wildman–Crippen MR) is 83.9 cm³/mol. The van der Waals surface area contributed by atoms with Crippen LogP contribution in [0.15, 0.2) is 47.1 Å². The highest BCUT2D eigenvalue weighted by Gasteiger charge is 2.21. The summed E-state index contributed by atoms with van der Waals surface area (Å²) in [6.07, 6.45) is 1.57. The minimum absolute atomic E-state index is 0.0428. The zero-order valence-corrected chi connectivity index (χ0v) is 13.5. The Bertz CT molecular complexity index is 619. The molecule has 1 amide bonds. The monoisotopic (exact) mass is 352 g/mol. The molecule has 0 radical (unpaired) electrons. The number of carbonyl (C=O) groups is 1. The number of hydrogen-bond acceptors (Lipinski definition) is 2. The topological polar surface area (TPSA) is 33.2 Å². The Morgan fingerprint density at radius 2 is 2.00 bits per heavy atom. The molecule has 0 N–H and O–H groups in total. The zero-order chi connectivity index (χ0) is 14.7. The van der Waals surface area contributed by atoms with E-state index >= 15 is 0 Å². The second kappa shape index (κ2) is 6.37. The Balaban J connectivity index is 2.27. The lowest BCUT2D eigenvalue weighted by Crippen LogP contribution is -2.30. The number of halogens is 2. The van der Waals surface area contributed by atoms with Crippen LogP contribution in [-0.4, -0.2) is 22.8 Å². The quantitative estimate of drug-likeness (QED) is 0.769. The molecule has 0 aliphatic rings. The molecule has 3 nitrogen and oxygen atoms in total. The van der Waals surface area contributed by atoms with E-state index in [4.69, 9.17) is 11.6 Å². The third-order valence-corrected chi connectivity index (χ3v) is 3.95. The zero-order valence-electron chi connectivity index (χ0n) is 11.2. The summed E-state index contributed by atoms with van der Waals surface area (Å²) in [6, 6.07) is 11.5. The number of rotatable bonds is 3. The first-order chi connectivity index (χ1) is 9.50. The summed E-state index contributed by atoms with van der Waals surface area (Å²) in [7, 11) is 1.76. The Morgan fingerprint density at radius 3 is 2.65 bits per heavy atom. The summed E-state index contributed by atoms with van der Waals surface area (Å²) in [6.45, 7) is 1.98. The van der Waals surface area contributed by atoms with E-state index in [1.807, 2.05) is 37.3 Å². The summed E-state index contributed by atoms with van der Waals surface area (Å²) in [4.78, 5) is 18.2. The molecule has 20 heavy (non-hydrogen) atoms. The highest BCUT2D eigenvalue weighted by molar-refractivity contribution is 9.10. The van der Waals surface area contributed by atoms with E-state index < -0.39 is 0 Å². The van der Waals surface area contributed by atoms with Crippen molar-refractivity contribution in [3.8, 4) is 0 Å². The maximum atomic E-state index is 12.5. The Labute approximate surface area is 131 Å². The minimum atomic E-state index is -0.153. The molecule has 1 aromatic heterocycles. The molecule has 0 spiro atoms. The number of hydrogen-bond donors (Lipinski definition) is 0. The molecule has 0 bridgehead atoms. The number of pyridine rings is 1. The molecule has 1 heterocycles. The van der Waals surface area contributed by atoms with Crippen molar-refractivity contribution < 1.29 is 4.79 Å². The van der Waals surface area contributed by atoms with E-state index in [1.165, 1.54) is 0 Å². The van der Waals surface area contributed by atoms with E-state index in [1.54, 1.807) is 24.2 Å². The number of nitrogens with zero attached hydrogens (tertiary/aromatic N) is 2. The van der Waals surface area contributed by atoms with Gasteiger partial charge in [0, 0.05) is 17.7 Å². The number of carbonyl (C=O) groups excluding carboxylic acids is 1. The van der Waals surface area contributed by atoms with Crippen molar-refractivity contribution in [1.29, 1.82) is 0 Å². The normalized spacial score (nSPS) is 12.0. The molecule has 0 saturated carbocycles. The fourth-order valence-corrected chi connectivity index (χ4v) is 2.41. The third kappa shape index (κ3) is 3.19. The van der Waals surface area contributed by atoms with E-state index in [0.717, 1.165) is 10.0 Å². The van der Waals surface area contributed by atoms with Crippen LogP contribution in [0.1, 0.15) is 28.9 Å². The van der Waals surface area contributed by atoms with Gasteiger partial charge in [0.2, 0.25) is 0 Å². The van der Waals surface area contributed by atoms with Gasteiger partial charge in [-0.1, -0.05) is 41.9 Å². The molecular weight excluding hydrogens is 340 g/mol. The van der Waals surface area contributed by atoms with Gasteiger partial charge in [0.15, 0.2) is 0 Å². The Kier molecular flexibility index (Phi) is 4.78. The molecular formula is C15H14BrClN2O. The first-order valence-electron chi connectivity index (χ1n) is 6.14. The molecule has 0 aliphatic carbocycles. The number of benzene rings is 1. The summed E-state index contributed by atoms with van der Waals surface area (Å²) < 4.78 is 0.728. The van der Waals surface area contributed by atoms with Gasteiger partial charge in [0.05, 0.1) is 11.6 Å². The molecule has 0 fully saturated rings. The smallest absolute Gasteiger partial charge is 0.257 e. The van der Waals surface area contributed by atoms with Crippen molar-refractivity contribution in [2.24, 2.45) is 0 Å². The van der Waals surface area contributed by atoms with Crippen LogP contribution in [0.3, 0.4) is 0 Å². The van der Waals surface area contributed by atoms with Crippen LogP contribution >= 0.6 is 27.5 Å². The lowest BCUT2D eigenvalue weighted by Gasteiger charge is -2.25. The van der Waals surface area contributed by atoms with E-state index in [-0.39, 0.29) is 17.1 Å². The molecule has 104 valence electrons. The molecule has 1 aromatic carbocycles. The lowest BCUT2D eigenvalue weighted by molar-refractivity contribution is 0.0742.